The lowest BCUT2D eigenvalue weighted by molar-refractivity contribution is -0.245. The lowest BCUT2D eigenvalue weighted by atomic mass is 9.49. The van der Waals surface area contributed by atoms with Gasteiger partial charge in [-0.1, -0.05) is 42.5 Å². The lowest BCUT2D eigenvalue weighted by Crippen LogP contribution is -2.64. The van der Waals surface area contributed by atoms with Gasteiger partial charge < -0.3 is 4.55 Å². The van der Waals surface area contributed by atoms with Crippen molar-refractivity contribution in [2.24, 2.45) is 23.2 Å². The van der Waals surface area contributed by atoms with Crippen LogP contribution in [0, 0.1) is 23.2 Å². The number of anilines is 1. The van der Waals surface area contributed by atoms with Crippen molar-refractivity contribution in [3.63, 3.8) is 0 Å². The summed E-state index contributed by atoms with van der Waals surface area (Å²) < 4.78 is 150. The van der Waals surface area contributed by atoms with Gasteiger partial charge in [0.05, 0.1) is 16.6 Å². The Kier molecular flexibility index (Phi) is 8.49. The summed E-state index contributed by atoms with van der Waals surface area (Å²) in [5, 5.41) is -13.6. The molecule has 15 heteroatoms. The maximum atomic E-state index is 15.6. The number of alkyl halides is 6. The lowest BCUT2D eigenvalue weighted by Gasteiger charge is -2.57. The molecule has 3 aromatic rings. The molecule has 4 saturated carbocycles. The molecule has 6 nitrogen and oxygen atoms in total. The third-order valence-corrected chi connectivity index (χ3v) is 14.5. The summed E-state index contributed by atoms with van der Waals surface area (Å²) in [5.74, 6) is -6.57. The molecule has 0 unspecified atom stereocenters. The average molecular weight is 720 g/mol. The van der Waals surface area contributed by atoms with Crippen molar-refractivity contribution in [2.75, 3.05) is 10.8 Å². The number of nitrogens with zero attached hydrogens (tertiary/aromatic N) is 1. The van der Waals surface area contributed by atoms with Gasteiger partial charge in [-0.2, -0.15) is 34.8 Å². The Balaban J connectivity index is 1.50. The molecule has 0 N–H and O–H groups in total. The third-order valence-electron chi connectivity index (χ3n) is 9.60. The summed E-state index contributed by atoms with van der Waals surface area (Å²) in [6, 6.07) is 23.3. The molecule has 3 aromatic carbocycles. The standard InChI is InChI=1S/C32H31F6NO5S3/c33-30(34,32(37,38)47(42,43)44)31(35,36)46(40,41)39(21-29-18-22-14-23(19-29)16-24(15-22)20-29)25-8-7-13-28(17-25)45(26-9-3-1-4-10-26)27-11-5-2-6-12-27/h1-13,17,22-24H,14-16,18-21H2. The molecule has 254 valence electrons. The molecule has 0 spiro atoms. The normalized spacial score (nSPS) is 24.9. The average Bonchev–Trinajstić information content (AvgIpc) is 3.00. The minimum atomic E-state index is -7.41. The quantitative estimate of drug-likeness (QED) is 0.116. The fourth-order valence-corrected chi connectivity index (χ4v) is 12.2. The minimum Gasteiger partial charge on any atom is -0.743 e. The Morgan fingerprint density at radius 3 is 1.57 bits per heavy atom. The monoisotopic (exact) mass is 719 g/mol. The van der Waals surface area contributed by atoms with E-state index in [0.717, 1.165) is 35.1 Å². The molecule has 4 aliphatic carbocycles. The molecule has 7 rings (SSSR count). The zero-order valence-corrected chi connectivity index (χ0v) is 27.2. The number of hydrogen-bond acceptors (Lipinski definition) is 5. The van der Waals surface area contributed by atoms with E-state index in [0.29, 0.717) is 24.2 Å². The summed E-state index contributed by atoms with van der Waals surface area (Å²) >= 11 is 0. The number of hydrogen-bond donors (Lipinski definition) is 0. The van der Waals surface area contributed by atoms with Crippen molar-refractivity contribution in [3.05, 3.63) is 84.9 Å². The summed E-state index contributed by atoms with van der Waals surface area (Å²) in [7, 11) is -15.2. The molecule has 4 aliphatic rings. The fourth-order valence-electron chi connectivity index (χ4n) is 8.02. The summed E-state index contributed by atoms with van der Waals surface area (Å²) in [6.07, 6.45) is 3.95. The largest absolute Gasteiger partial charge is 0.743 e. The van der Waals surface area contributed by atoms with Crippen LogP contribution in [0.25, 0.3) is 0 Å². The van der Waals surface area contributed by atoms with Gasteiger partial charge in [0.25, 0.3) is 0 Å². The van der Waals surface area contributed by atoms with Gasteiger partial charge in [-0.25, -0.2) is 8.42 Å². The van der Waals surface area contributed by atoms with Gasteiger partial charge in [0, 0.05) is 12.6 Å². The molecule has 4 bridgehead atoms. The van der Waals surface area contributed by atoms with E-state index in [-0.39, 0.29) is 22.1 Å². The van der Waals surface area contributed by atoms with Crippen LogP contribution in [0.2, 0.25) is 0 Å². The highest BCUT2D eigenvalue weighted by Gasteiger charge is 2.81. The topological polar surface area (TPSA) is 94.6 Å². The number of sulfonamides is 1. The van der Waals surface area contributed by atoms with Crippen LogP contribution in [0.1, 0.15) is 38.5 Å². The first-order valence-electron chi connectivity index (χ1n) is 14.9. The SMILES string of the molecule is O=S(=O)([O-])C(F)(F)C(F)(F)C(F)(F)S(=O)(=O)N(CC12CC3CC(CC(C3)C1)C2)c1cccc([S+](c2ccccc2)c2ccccc2)c1. The molecular weight excluding hydrogens is 689 g/mol. The van der Waals surface area contributed by atoms with Crippen molar-refractivity contribution in [2.45, 2.75) is 69.6 Å². The van der Waals surface area contributed by atoms with Crippen molar-refractivity contribution in [1.29, 1.82) is 0 Å². The fraction of sp³-hybridized carbons (Fsp3) is 0.438. The first-order chi connectivity index (χ1) is 21.9. The zero-order valence-electron chi connectivity index (χ0n) is 24.7. The second-order valence-electron chi connectivity index (χ2n) is 12.9. The molecule has 0 heterocycles. The highest BCUT2D eigenvalue weighted by molar-refractivity contribution is 7.97. The van der Waals surface area contributed by atoms with Gasteiger partial charge in [-0.3, -0.25) is 4.31 Å². The molecule has 0 aliphatic heterocycles. The van der Waals surface area contributed by atoms with Crippen LogP contribution in [0.3, 0.4) is 0 Å². The smallest absolute Gasteiger partial charge is 0.433 e. The van der Waals surface area contributed by atoms with Gasteiger partial charge in [0.15, 0.2) is 24.8 Å². The van der Waals surface area contributed by atoms with E-state index < -0.39 is 65.1 Å². The second kappa shape index (κ2) is 11.7. The highest BCUT2D eigenvalue weighted by Crippen LogP contribution is 2.61. The molecule has 0 radical (unpaired) electrons. The maximum Gasteiger partial charge on any atom is 0.433 e. The first-order valence-corrected chi connectivity index (χ1v) is 19.0. The second-order valence-corrected chi connectivity index (χ2v) is 18.3. The van der Waals surface area contributed by atoms with E-state index in [1.165, 1.54) is 12.1 Å². The van der Waals surface area contributed by atoms with Crippen molar-refractivity contribution >= 4 is 36.7 Å². The summed E-state index contributed by atoms with van der Waals surface area (Å²) in [4.78, 5) is 1.96. The minimum absolute atomic E-state index is 0.0581. The van der Waals surface area contributed by atoms with E-state index in [4.69, 9.17) is 0 Å². The molecule has 0 atom stereocenters. The summed E-state index contributed by atoms with van der Waals surface area (Å²) in [5.41, 5.74) is -1.36. The van der Waals surface area contributed by atoms with Gasteiger partial charge >= 0.3 is 26.5 Å². The van der Waals surface area contributed by atoms with Crippen LogP contribution in [0.5, 0.6) is 0 Å². The Bertz CT molecular complexity index is 1770. The highest BCUT2D eigenvalue weighted by atomic mass is 32.2. The molecule has 4 fully saturated rings. The zero-order chi connectivity index (χ0) is 34.0. The van der Waals surface area contributed by atoms with Crippen LogP contribution in [-0.2, 0) is 31.0 Å². The van der Waals surface area contributed by atoms with Crippen LogP contribution < -0.4 is 4.31 Å². The Morgan fingerprint density at radius 1 is 0.681 bits per heavy atom. The van der Waals surface area contributed by atoms with E-state index >= 15 is 8.78 Å². The van der Waals surface area contributed by atoms with Crippen LogP contribution in [-0.4, -0.2) is 44.4 Å². The Hall–Kier alpha value is -2.75. The Labute approximate surface area is 272 Å². The van der Waals surface area contributed by atoms with E-state index in [9.17, 15) is 39.0 Å². The van der Waals surface area contributed by atoms with Crippen molar-refractivity contribution in [1.82, 2.24) is 0 Å². The molecule has 0 aromatic heterocycles. The predicted molar refractivity (Wildman–Crippen MR) is 163 cm³/mol. The van der Waals surface area contributed by atoms with Gasteiger partial charge in [-0.15, -0.1) is 0 Å². The van der Waals surface area contributed by atoms with E-state index in [1.54, 1.807) is 42.5 Å². The predicted octanol–water partition coefficient (Wildman–Crippen LogP) is 7.50. The maximum absolute atomic E-state index is 15.6. The van der Waals surface area contributed by atoms with Gasteiger partial charge in [-0.05, 0) is 98.1 Å². The van der Waals surface area contributed by atoms with Crippen molar-refractivity contribution < 1.29 is 47.7 Å². The van der Waals surface area contributed by atoms with E-state index in [2.05, 4.69) is 0 Å². The van der Waals surface area contributed by atoms with Gasteiger partial charge in [0.1, 0.15) is 0 Å². The van der Waals surface area contributed by atoms with Gasteiger partial charge in [0.2, 0.25) is 0 Å². The van der Waals surface area contributed by atoms with Crippen molar-refractivity contribution in [3.8, 4) is 0 Å². The van der Waals surface area contributed by atoms with Crippen LogP contribution >= 0.6 is 0 Å². The summed E-state index contributed by atoms with van der Waals surface area (Å²) in [6.45, 7) is -0.700. The third kappa shape index (κ3) is 5.74. The van der Waals surface area contributed by atoms with E-state index in [1.807, 2.05) is 24.3 Å². The number of halogens is 6. The molecule has 0 amide bonds. The number of benzene rings is 3. The molecular formula is C32H31F6NO5S3. The van der Waals surface area contributed by atoms with Crippen LogP contribution in [0.4, 0.5) is 32.0 Å². The number of rotatable bonds is 11. The molecule has 0 saturated heterocycles. The Morgan fingerprint density at radius 2 is 1.13 bits per heavy atom. The molecule has 47 heavy (non-hydrogen) atoms. The first kappa shape index (κ1) is 34.1. The van der Waals surface area contributed by atoms with Crippen LogP contribution in [0.15, 0.2) is 99.6 Å².